The van der Waals surface area contributed by atoms with E-state index in [2.05, 4.69) is 27.5 Å². The van der Waals surface area contributed by atoms with Gasteiger partial charge in [0, 0.05) is 75.3 Å². The Hall–Kier alpha value is -3.21. The second kappa shape index (κ2) is 36.4. The highest BCUT2D eigenvalue weighted by Crippen LogP contribution is 2.27. The number of hydrogen-bond acceptors (Lipinski definition) is 9. The number of allylic oxidation sites excluding steroid dienone is 1. The van der Waals surface area contributed by atoms with Crippen LogP contribution in [0.15, 0.2) is 141 Å². The quantitative estimate of drug-likeness (QED) is 0.0403. The summed E-state index contributed by atoms with van der Waals surface area (Å²) < 4.78 is 115. The van der Waals surface area contributed by atoms with Gasteiger partial charge in [0.05, 0.1) is 39.2 Å². The van der Waals surface area contributed by atoms with Crippen LogP contribution in [0.5, 0.6) is 0 Å². The first-order valence-corrected chi connectivity index (χ1v) is 37.1. The van der Waals surface area contributed by atoms with Gasteiger partial charge in [-0.15, -0.1) is 23.2 Å². The maximum atomic E-state index is 13.9. The lowest BCUT2D eigenvalue weighted by Crippen LogP contribution is -3.13. The lowest BCUT2D eigenvalue weighted by atomic mass is 9.89. The van der Waals surface area contributed by atoms with E-state index < -0.39 is 40.1 Å². The zero-order valence-corrected chi connectivity index (χ0v) is 56.8. The maximum absolute atomic E-state index is 13.9. The van der Waals surface area contributed by atoms with Crippen LogP contribution < -0.4 is 26.8 Å². The van der Waals surface area contributed by atoms with Gasteiger partial charge in [0.15, 0.2) is 0 Å². The predicted molar refractivity (Wildman–Crippen MR) is 345 cm³/mol. The molecule has 3 atom stereocenters. The smallest absolute Gasteiger partial charge is 0.243 e. The summed E-state index contributed by atoms with van der Waals surface area (Å²) >= 11 is 10.5. The standard InChI is InChI=1S/C32H47N3O4S2.C28H43N3O4S2.C4H6Cl2.ClH/c1-26-11-15-31(16-12-26)40(36,37)34-21-8-20-33(25-30-9-6-5-7-10-30)22-19-29(4)35(24-28(3)23-34)41(38,39)32-17-13-27(2)14-18-32;1-23-10-14-27(15-11-23)36(32,33)29-19-7-20-31(22-26-8-5-4-6-9-26)21-18-25(3)30-37(34,35)28-16-12-24(2)13-17-28;1-4(2-5)3-6;/h11-18,29-30H,3,5-10,19-25H2,1-2,4H3;10-17,25-26,29-30H,4-9,18-22H2,1-3H3;1-3H2;1H. The molecule has 4 aromatic carbocycles. The number of hydrogen-bond donors (Lipinski definition) is 3. The van der Waals surface area contributed by atoms with E-state index in [4.69, 9.17) is 23.2 Å². The molecule has 0 aromatic heterocycles. The molecule has 0 amide bonds. The van der Waals surface area contributed by atoms with E-state index in [1.54, 1.807) is 72.8 Å². The SMILES string of the molecule is C=C(CCl)CCl.C=C1CN(S(=O)(=O)c2ccc(C)cc2)CCC[NH+](CC2CCCCC2)CCC(C)N(S(=O)(=O)c2ccc(C)cc2)C1.Cc1ccc(S(=O)(=O)NCCCN(CCC(C)NS(=O)(=O)c2ccc(C)cc2)CC2CCCCC2)cc1.[Cl-]. The van der Waals surface area contributed by atoms with Crippen molar-refractivity contribution in [1.29, 1.82) is 0 Å². The lowest BCUT2D eigenvalue weighted by Gasteiger charge is -2.34. The minimum atomic E-state index is -3.81. The highest BCUT2D eigenvalue weighted by atomic mass is 35.5. The number of quaternary nitrogens is 1. The summed E-state index contributed by atoms with van der Waals surface area (Å²) in [4.78, 5) is 4.91. The molecule has 85 heavy (non-hydrogen) atoms. The molecule has 14 nitrogen and oxygen atoms in total. The number of halogens is 3. The van der Waals surface area contributed by atoms with Crippen LogP contribution in [-0.2, 0) is 40.1 Å². The summed E-state index contributed by atoms with van der Waals surface area (Å²) in [7, 11) is -14.7. The normalized spacial score (nSPS) is 19.0. The number of nitrogens with one attached hydrogen (secondary N) is 3. The third kappa shape index (κ3) is 24.9. The highest BCUT2D eigenvalue weighted by Gasteiger charge is 2.34. The Morgan fingerprint density at radius 2 is 1.07 bits per heavy atom. The number of alkyl halides is 2. The molecular weight excluding hydrogens is 1220 g/mol. The Morgan fingerprint density at radius 1 is 0.612 bits per heavy atom. The maximum Gasteiger partial charge on any atom is 0.243 e. The highest BCUT2D eigenvalue weighted by molar-refractivity contribution is 7.90. The molecule has 1 aliphatic heterocycles. The van der Waals surface area contributed by atoms with Crippen molar-refractivity contribution in [2.45, 2.75) is 163 Å². The van der Waals surface area contributed by atoms with Gasteiger partial charge in [-0.3, -0.25) is 0 Å². The molecule has 476 valence electrons. The van der Waals surface area contributed by atoms with Crippen LogP contribution in [0.25, 0.3) is 0 Å². The number of aryl methyl sites for hydroxylation is 4. The minimum absolute atomic E-state index is 0. The number of benzene rings is 4. The number of sulfonamides is 4. The van der Waals surface area contributed by atoms with Gasteiger partial charge in [0.25, 0.3) is 0 Å². The molecular formula is C64H97Cl3N6O8S4. The van der Waals surface area contributed by atoms with Gasteiger partial charge in [-0.2, -0.15) is 8.61 Å². The number of nitrogens with zero attached hydrogens (tertiary/aromatic N) is 3. The second-order valence-electron chi connectivity index (χ2n) is 23.7. The molecule has 0 bridgehead atoms. The first-order chi connectivity index (χ1) is 39.8. The van der Waals surface area contributed by atoms with Crippen molar-refractivity contribution in [2.75, 3.05) is 77.2 Å². The van der Waals surface area contributed by atoms with Crippen molar-refractivity contribution in [1.82, 2.24) is 23.0 Å². The fraction of sp³-hybridized carbons (Fsp3) is 0.562. The Balaban J connectivity index is 0.000000330. The summed E-state index contributed by atoms with van der Waals surface area (Å²) in [5.74, 6) is 2.28. The molecule has 3 unspecified atom stereocenters. The van der Waals surface area contributed by atoms with E-state index in [0.29, 0.717) is 55.1 Å². The Labute approximate surface area is 529 Å². The molecule has 3 N–H and O–H groups in total. The van der Waals surface area contributed by atoms with Crippen LogP contribution in [-0.4, -0.2) is 136 Å². The molecule has 0 radical (unpaired) electrons. The van der Waals surface area contributed by atoms with Gasteiger partial charge in [-0.25, -0.2) is 43.1 Å². The van der Waals surface area contributed by atoms with E-state index >= 15 is 0 Å². The molecule has 2 saturated carbocycles. The Bertz CT molecular complexity index is 3100. The molecule has 3 aliphatic rings. The second-order valence-corrected chi connectivity index (χ2v) is 31.6. The van der Waals surface area contributed by atoms with E-state index in [1.807, 2.05) is 65.8 Å². The summed E-state index contributed by atoms with van der Waals surface area (Å²) in [6, 6.07) is 27.2. The monoisotopic (exact) mass is 1310 g/mol. The summed E-state index contributed by atoms with van der Waals surface area (Å²) in [6.07, 6.45) is 15.5. The summed E-state index contributed by atoms with van der Waals surface area (Å²) in [5.41, 5.74) is 5.47. The van der Waals surface area contributed by atoms with Gasteiger partial charge in [-0.1, -0.05) is 122 Å². The fourth-order valence-corrected chi connectivity index (χ4v) is 16.9. The first-order valence-electron chi connectivity index (χ1n) is 30.1. The molecule has 7 rings (SSSR count). The zero-order valence-electron chi connectivity index (χ0n) is 51.2. The zero-order chi connectivity index (χ0) is 61.5. The van der Waals surface area contributed by atoms with Crippen molar-refractivity contribution in [3.05, 3.63) is 144 Å². The Morgan fingerprint density at radius 3 is 1.55 bits per heavy atom. The van der Waals surface area contributed by atoms with Gasteiger partial charge in [-0.05, 0) is 159 Å². The lowest BCUT2D eigenvalue weighted by molar-refractivity contribution is -0.904. The molecule has 4 aromatic rings. The molecule has 3 fully saturated rings. The first kappa shape index (κ1) is 74.3. The van der Waals surface area contributed by atoms with Crippen molar-refractivity contribution in [3.8, 4) is 0 Å². The third-order valence-corrected chi connectivity index (χ3v) is 23.8. The molecule has 1 heterocycles. The van der Waals surface area contributed by atoms with Crippen LogP contribution in [0, 0.1) is 39.5 Å². The van der Waals surface area contributed by atoms with Gasteiger partial charge >= 0.3 is 0 Å². The van der Waals surface area contributed by atoms with Crippen molar-refractivity contribution >= 4 is 63.3 Å². The summed E-state index contributed by atoms with van der Waals surface area (Å²) in [6.45, 7) is 25.5. The largest absolute Gasteiger partial charge is 1.00 e. The van der Waals surface area contributed by atoms with Gasteiger partial charge in [0.1, 0.15) is 0 Å². The van der Waals surface area contributed by atoms with Crippen molar-refractivity contribution in [3.63, 3.8) is 0 Å². The van der Waals surface area contributed by atoms with E-state index in [9.17, 15) is 33.7 Å². The molecule has 21 heteroatoms. The fourth-order valence-electron chi connectivity index (χ4n) is 11.0. The average Bonchev–Trinajstić information content (AvgIpc) is 2.84. The third-order valence-electron chi connectivity index (χ3n) is 16.2. The summed E-state index contributed by atoms with van der Waals surface area (Å²) in [5, 5.41) is 0. The van der Waals surface area contributed by atoms with Crippen LogP contribution in [0.2, 0.25) is 0 Å². The van der Waals surface area contributed by atoms with Crippen LogP contribution in [0.3, 0.4) is 0 Å². The Kier molecular flexibility index (Phi) is 31.8. The van der Waals surface area contributed by atoms with E-state index in [1.165, 1.54) is 77.7 Å². The van der Waals surface area contributed by atoms with E-state index in [-0.39, 0.29) is 57.2 Å². The van der Waals surface area contributed by atoms with Crippen molar-refractivity contribution in [2.24, 2.45) is 11.8 Å². The topological polar surface area (TPSA) is 175 Å². The molecule has 1 saturated heterocycles. The van der Waals surface area contributed by atoms with E-state index in [0.717, 1.165) is 79.9 Å². The predicted octanol–water partition coefficient (Wildman–Crippen LogP) is 7.82. The van der Waals surface area contributed by atoms with Gasteiger partial charge < -0.3 is 22.2 Å². The minimum Gasteiger partial charge on any atom is -1.00 e. The molecule has 2 aliphatic carbocycles. The van der Waals surface area contributed by atoms with Crippen LogP contribution in [0.4, 0.5) is 0 Å². The van der Waals surface area contributed by atoms with Crippen molar-refractivity contribution < 1.29 is 51.0 Å². The average molecular weight is 1310 g/mol. The van der Waals surface area contributed by atoms with Gasteiger partial charge in [0.2, 0.25) is 40.1 Å². The van der Waals surface area contributed by atoms with Crippen LogP contribution >= 0.6 is 23.2 Å². The molecule has 0 spiro atoms. The van der Waals surface area contributed by atoms with Crippen LogP contribution in [0.1, 0.15) is 126 Å². The number of rotatable bonds is 22.